The quantitative estimate of drug-likeness (QED) is 0.522. The molecule has 1 saturated heterocycles. The number of rotatable bonds is 5. The Morgan fingerprint density at radius 2 is 1.83 bits per heavy atom. The van der Waals surface area contributed by atoms with Gasteiger partial charge >= 0.3 is 0 Å². The second-order valence-electron chi connectivity index (χ2n) is 6.14. The number of hydrogen-bond acceptors (Lipinski definition) is 5. The normalized spacial score (nSPS) is 16.4. The molecule has 0 bridgehead atoms. The Morgan fingerprint density at radius 3 is 2.50 bits per heavy atom. The lowest BCUT2D eigenvalue weighted by molar-refractivity contribution is 0.262. The van der Waals surface area contributed by atoms with Crippen LogP contribution in [0.1, 0.15) is 17.5 Å². The Hall–Kier alpha value is -2.40. The first-order chi connectivity index (χ1) is 11.8. The summed E-state index contributed by atoms with van der Waals surface area (Å²) in [6, 6.07) is 14.0. The second kappa shape index (κ2) is 7.93. The molecule has 1 aromatic heterocycles. The van der Waals surface area contributed by atoms with E-state index in [2.05, 4.69) is 32.9 Å². The third-order valence-electron chi connectivity index (χ3n) is 4.55. The van der Waals surface area contributed by atoms with E-state index in [-0.39, 0.29) is 0 Å². The van der Waals surface area contributed by atoms with Crippen LogP contribution in [0.15, 0.2) is 53.8 Å². The molecule has 5 nitrogen and oxygen atoms in total. The number of pyridine rings is 1. The van der Waals surface area contributed by atoms with E-state index in [4.69, 9.17) is 0 Å². The fourth-order valence-electron chi connectivity index (χ4n) is 3.14. The van der Waals surface area contributed by atoms with Crippen molar-refractivity contribution in [2.75, 3.05) is 37.6 Å². The van der Waals surface area contributed by atoms with Gasteiger partial charge in [0, 0.05) is 45.3 Å². The number of piperazine rings is 1. The Bertz CT molecular complexity index is 679. The third-order valence-corrected chi connectivity index (χ3v) is 4.55. The molecule has 0 atom stereocenters. The molecule has 0 radical (unpaired) electrons. The molecular weight excluding hydrogens is 300 g/mol. The molecule has 126 valence electrons. The van der Waals surface area contributed by atoms with E-state index in [1.54, 1.807) is 0 Å². The highest BCUT2D eigenvalue weighted by atomic mass is 16.4. The van der Waals surface area contributed by atoms with Crippen molar-refractivity contribution in [3.8, 4) is 0 Å². The largest absolute Gasteiger partial charge is 0.411 e. The van der Waals surface area contributed by atoms with Crippen molar-refractivity contribution in [2.24, 2.45) is 5.16 Å². The van der Waals surface area contributed by atoms with Crippen molar-refractivity contribution in [1.29, 1.82) is 0 Å². The molecular formula is C19H24N4O. The Morgan fingerprint density at radius 1 is 1.08 bits per heavy atom. The number of oxime groups is 1. The Balaban J connectivity index is 1.52. The molecule has 24 heavy (non-hydrogen) atoms. The van der Waals surface area contributed by atoms with Gasteiger partial charge in [-0.3, -0.25) is 4.90 Å². The molecule has 0 saturated carbocycles. The molecule has 1 aliphatic rings. The van der Waals surface area contributed by atoms with Crippen LogP contribution >= 0.6 is 0 Å². The summed E-state index contributed by atoms with van der Waals surface area (Å²) in [6.45, 7) is 6.98. The minimum absolute atomic E-state index is 0.749. The summed E-state index contributed by atoms with van der Waals surface area (Å²) in [5.41, 5.74) is 2.96. The summed E-state index contributed by atoms with van der Waals surface area (Å²) in [5, 5.41) is 12.8. The van der Waals surface area contributed by atoms with Crippen molar-refractivity contribution in [3.05, 3.63) is 59.8 Å². The summed E-state index contributed by atoms with van der Waals surface area (Å²) in [5.74, 6) is 1.10. The highest BCUT2D eigenvalue weighted by Gasteiger charge is 2.19. The van der Waals surface area contributed by atoms with Crippen molar-refractivity contribution in [3.63, 3.8) is 0 Å². The van der Waals surface area contributed by atoms with Crippen molar-refractivity contribution >= 4 is 11.5 Å². The number of benzene rings is 1. The van der Waals surface area contributed by atoms with Gasteiger partial charge in [0.25, 0.3) is 0 Å². The highest BCUT2D eigenvalue weighted by molar-refractivity contribution is 6.00. The van der Waals surface area contributed by atoms with Gasteiger partial charge in [0.15, 0.2) is 0 Å². The number of nitrogens with zero attached hydrogens (tertiary/aromatic N) is 4. The van der Waals surface area contributed by atoms with Crippen LogP contribution in [0, 0.1) is 6.92 Å². The Kier molecular flexibility index (Phi) is 5.43. The lowest BCUT2D eigenvalue weighted by atomic mass is 10.1. The second-order valence-corrected chi connectivity index (χ2v) is 6.14. The van der Waals surface area contributed by atoms with Crippen LogP contribution in [0.4, 0.5) is 5.82 Å². The lowest BCUT2D eigenvalue weighted by Gasteiger charge is -2.36. The fourth-order valence-corrected chi connectivity index (χ4v) is 3.14. The van der Waals surface area contributed by atoms with Crippen molar-refractivity contribution in [2.45, 2.75) is 13.3 Å². The van der Waals surface area contributed by atoms with Gasteiger partial charge in [-0.15, -0.1) is 0 Å². The number of aromatic nitrogens is 1. The van der Waals surface area contributed by atoms with Crippen LogP contribution in [-0.4, -0.2) is 53.5 Å². The van der Waals surface area contributed by atoms with E-state index < -0.39 is 0 Å². The van der Waals surface area contributed by atoms with E-state index in [1.807, 2.05) is 42.6 Å². The van der Waals surface area contributed by atoms with E-state index >= 15 is 0 Å². The average Bonchev–Trinajstić information content (AvgIpc) is 2.64. The van der Waals surface area contributed by atoms with Gasteiger partial charge in [-0.2, -0.15) is 0 Å². The first kappa shape index (κ1) is 16.5. The van der Waals surface area contributed by atoms with Crippen LogP contribution in [0.5, 0.6) is 0 Å². The average molecular weight is 324 g/mol. The van der Waals surface area contributed by atoms with Crippen LogP contribution in [0.3, 0.4) is 0 Å². The predicted molar refractivity (Wildman–Crippen MR) is 97.0 cm³/mol. The number of aryl methyl sites for hydroxylation is 1. The summed E-state index contributed by atoms with van der Waals surface area (Å²) < 4.78 is 0. The molecule has 2 aromatic rings. The van der Waals surface area contributed by atoms with E-state index in [0.717, 1.165) is 56.2 Å². The van der Waals surface area contributed by atoms with Crippen LogP contribution in [0.2, 0.25) is 0 Å². The van der Waals surface area contributed by atoms with E-state index in [9.17, 15) is 5.21 Å². The zero-order valence-corrected chi connectivity index (χ0v) is 14.1. The van der Waals surface area contributed by atoms with Gasteiger partial charge in [0.05, 0.1) is 5.71 Å². The van der Waals surface area contributed by atoms with Crippen molar-refractivity contribution in [1.82, 2.24) is 9.88 Å². The summed E-state index contributed by atoms with van der Waals surface area (Å²) in [6.07, 6.45) is 2.61. The summed E-state index contributed by atoms with van der Waals surface area (Å²) >= 11 is 0. The van der Waals surface area contributed by atoms with Gasteiger partial charge in [0.1, 0.15) is 5.82 Å². The standard InChI is InChI=1S/C19H24N4O/c1-16-6-5-10-20-19(16)23-14-12-22(13-15-23)11-9-18(21-24)17-7-3-2-4-8-17/h2-8,10,24H,9,11-15H2,1H3/b21-18-. The predicted octanol–water partition coefficient (Wildman–Crippen LogP) is 2.78. The molecule has 0 aliphatic carbocycles. The van der Waals surface area contributed by atoms with Crippen LogP contribution < -0.4 is 4.90 Å². The SMILES string of the molecule is Cc1cccnc1N1CCN(CC/C(=N/O)c2ccccc2)CC1. The van der Waals surface area contributed by atoms with Crippen molar-refractivity contribution < 1.29 is 5.21 Å². The molecule has 0 unspecified atom stereocenters. The maximum absolute atomic E-state index is 9.28. The molecule has 1 N–H and O–H groups in total. The van der Waals surface area contributed by atoms with Gasteiger partial charge < -0.3 is 10.1 Å². The molecule has 1 aromatic carbocycles. The summed E-state index contributed by atoms with van der Waals surface area (Å²) in [4.78, 5) is 9.28. The zero-order chi connectivity index (χ0) is 16.8. The number of hydrogen-bond donors (Lipinski definition) is 1. The zero-order valence-electron chi connectivity index (χ0n) is 14.1. The van der Waals surface area contributed by atoms with Gasteiger partial charge in [-0.25, -0.2) is 4.98 Å². The molecule has 0 spiro atoms. The topological polar surface area (TPSA) is 52.0 Å². The fraction of sp³-hybridized carbons (Fsp3) is 0.368. The molecule has 5 heteroatoms. The monoisotopic (exact) mass is 324 g/mol. The van der Waals surface area contributed by atoms with Crippen LogP contribution in [-0.2, 0) is 0 Å². The maximum atomic E-state index is 9.28. The smallest absolute Gasteiger partial charge is 0.131 e. The maximum Gasteiger partial charge on any atom is 0.131 e. The first-order valence-electron chi connectivity index (χ1n) is 8.43. The minimum Gasteiger partial charge on any atom is -0.411 e. The molecule has 2 heterocycles. The molecule has 0 amide bonds. The first-order valence-corrected chi connectivity index (χ1v) is 8.43. The minimum atomic E-state index is 0.749. The summed E-state index contributed by atoms with van der Waals surface area (Å²) in [7, 11) is 0. The van der Waals surface area contributed by atoms with Crippen LogP contribution in [0.25, 0.3) is 0 Å². The molecule has 3 rings (SSSR count). The van der Waals surface area contributed by atoms with Gasteiger partial charge in [0.2, 0.25) is 0 Å². The van der Waals surface area contributed by atoms with Gasteiger partial charge in [-0.05, 0) is 24.1 Å². The van der Waals surface area contributed by atoms with E-state index in [1.165, 1.54) is 5.56 Å². The number of anilines is 1. The lowest BCUT2D eigenvalue weighted by Crippen LogP contribution is -2.47. The molecule has 1 aliphatic heterocycles. The van der Waals surface area contributed by atoms with Gasteiger partial charge in [-0.1, -0.05) is 41.6 Å². The van der Waals surface area contributed by atoms with E-state index in [0.29, 0.717) is 0 Å². The highest BCUT2D eigenvalue weighted by Crippen LogP contribution is 2.18. The molecule has 1 fully saturated rings. The Labute approximate surface area is 143 Å². The third kappa shape index (κ3) is 3.92.